The second kappa shape index (κ2) is 7.01. The normalized spacial score (nSPS) is 11.7. The predicted molar refractivity (Wildman–Crippen MR) is 63.8 cm³/mol. The summed E-state index contributed by atoms with van der Waals surface area (Å²) in [6.07, 6.45) is -0.420. The largest absolute Gasteiger partial charge is 0.481 e. The van der Waals surface area contributed by atoms with Gasteiger partial charge >= 0.3 is 5.97 Å². The first kappa shape index (κ1) is 17.3. The number of nitrogens with two attached hydrogens (primary N) is 2. The smallest absolute Gasteiger partial charge is 0.304 e. The quantitative estimate of drug-likeness (QED) is 0.408. The van der Waals surface area contributed by atoms with Gasteiger partial charge in [0.05, 0.1) is 19.5 Å². The number of primary amides is 2. The van der Waals surface area contributed by atoms with E-state index in [2.05, 4.69) is 0 Å². The molecule has 0 aromatic rings. The van der Waals surface area contributed by atoms with Crippen molar-refractivity contribution in [3.8, 4) is 0 Å². The van der Waals surface area contributed by atoms with Gasteiger partial charge in [-0.25, -0.2) is 0 Å². The van der Waals surface area contributed by atoms with Crippen LogP contribution in [0.3, 0.4) is 0 Å². The second-order valence-corrected chi connectivity index (χ2v) is 5.71. The molecule has 0 heterocycles. The van der Waals surface area contributed by atoms with E-state index in [0.29, 0.717) is 8.61 Å². The molecule has 0 aromatic carbocycles. The van der Waals surface area contributed by atoms with Crippen LogP contribution < -0.4 is 11.5 Å². The van der Waals surface area contributed by atoms with Crippen LogP contribution in [0.15, 0.2) is 0 Å². The molecule has 0 rings (SSSR count). The molecule has 0 fully saturated rings. The third-order valence-corrected chi connectivity index (χ3v) is 3.91. The molecule has 11 heteroatoms. The highest BCUT2D eigenvalue weighted by molar-refractivity contribution is 7.86. The maximum atomic E-state index is 12.0. The molecule has 10 nitrogen and oxygen atoms in total. The first-order chi connectivity index (χ1) is 8.57. The molecule has 0 unspecified atom stereocenters. The molecule has 0 aliphatic heterocycles. The Bertz CT molecular complexity index is 446. The summed E-state index contributed by atoms with van der Waals surface area (Å²) in [7, 11) is -3.07. The van der Waals surface area contributed by atoms with Crippen LogP contribution in [0.2, 0.25) is 0 Å². The predicted octanol–water partition coefficient (Wildman–Crippen LogP) is -3.09. The Morgan fingerprint density at radius 2 is 1.53 bits per heavy atom. The number of amides is 2. The summed E-state index contributed by atoms with van der Waals surface area (Å²) >= 11 is 0. The van der Waals surface area contributed by atoms with Crippen molar-refractivity contribution in [2.75, 3.05) is 26.7 Å². The fourth-order valence-electron chi connectivity index (χ4n) is 1.13. The van der Waals surface area contributed by atoms with Gasteiger partial charge in [-0.3, -0.25) is 14.4 Å². The highest BCUT2D eigenvalue weighted by Gasteiger charge is 2.29. The molecule has 0 spiro atoms. The van der Waals surface area contributed by atoms with E-state index in [1.54, 1.807) is 0 Å². The van der Waals surface area contributed by atoms with Crippen molar-refractivity contribution in [2.45, 2.75) is 6.42 Å². The van der Waals surface area contributed by atoms with E-state index in [9.17, 15) is 22.8 Å². The minimum absolute atomic E-state index is 0.314. The van der Waals surface area contributed by atoms with E-state index >= 15 is 0 Å². The van der Waals surface area contributed by atoms with Crippen LogP contribution in [0, 0.1) is 0 Å². The van der Waals surface area contributed by atoms with Gasteiger partial charge in [0, 0.05) is 13.6 Å². The molecule has 0 saturated carbocycles. The molecule has 0 saturated heterocycles. The van der Waals surface area contributed by atoms with E-state index in [-0.39, 0.29) is 6.54 Å². The van der Waals surface area contributed by atoms with Crippen molar-refractivity contribution >= 4 is 28.0 Å². The van der Waals surface area contributed by atoms with Crippen LogP contribution in [0.25, 0.3) is 0 Å². The van der Waals surface area contributed by atoms with Gasteiger partial charge in [-0.15, -0.1) is 0 Å². The summed E-state index contributed by atoms with van der Waals surface area (Å²) in [6.45, 7) is -1.75. The molecule has 19 heavy (non-hydrogen) atoms. The molecule has 0 aliphatic rings. The lowest BCUT2D eigenvalue weighted by Gasteiger charge is -2.25. The topological polar surface area (TPSA) is 164 Å². The van der Waals surface area contributed by atoms with Crippen molar-refractivity contribution in [3.63, 3.8) is 0 Å². The zero-order valence-electron chi connectivity index (χ0n) is 10.3. The summed E-state index contributed by atoms with van der Waals surface area (Å²) < 4.78 is 25.1. The Morgan fingerprint density at radius 3 is 1.84 bits per heavy atom. The molecular formula is C8H16N4O6S. The molecule has 110 valence electrons. The van der Waals surface area contributed by atoms with Gasteiger partial charge in [-0.05, 0) is 0 Å². The number of rotatable bonds is 9. The van der Waals surface area contributed by atoms with Crippen LogP contribution >= 0.6 is 0 Å². The molecule has 0 atom stereocenters. The zero-order chi connectivity index (χ0) is 15.2. The minimum Gasteiger partial charge on any atom is -0.481 e. The molecule has 5 N–H and O–H groups in total. The van der Waals surface area contributed by atoms with Gasteiger partial charge in [0.15, 0.2) is 0 Å². The lowest BCUT2D eigenvalue weighted by Crippen LogP contribution is -2.49. The number of hydrogen-bond acceptors (Lipinski definition) is 5. The monoisotopic (exact) mass is 296 g/mol. The molecular weight excluding hydrogens is 280 g/mol. The molecule has 0 bridgehead atoms. The van der Waals surface area contributed by atoms with Crippen LogP contribution in [-0.4, -0.2) is 66.6 Å². The summed E-state index contributed by atoms with van der Waals surface area (Å²) in [5.41, 5.74) is 9.76. The average Bonchev–Trinajstić information content (AvgIpc) is 2.23. The average molecular weight is 296 g/mol. The second-order valence-electron chi connectivity index (χ2n) is 3.67. The van der Waals surface area contributed by atoms with E-state index in [4.69, 9.17) is 16.6 Å². The molecule has 0 radical (unpaired) electrons. The third kappa shape index (κ3) is 6.13. The zero-order valence-corrected chi connectivity index (χ0v) is 11.1. The Morgan fingerprint density at radius 1 is 1.11 bits per heavy atom. The van der Waals surface area contributed by atoms with Crippen LogP contribution in [-0.2, 0) is 24.6 Å². The van der Waals surface area contributed by atoms with E-state index in [1.165, 1.54) is 0 Å². The summed E-state index contributed by atoms with van der Waals surface area (Å²) in [5, 5.41) is 8.47. The van der Waals surface area contributed by atoms with Crippen LogP contribution in [0.5, 0.6) is 0 Å². The standard InChI is InChI=1S/C8H16N4O6S/c1-11(3-2-8(15)16)19(17,18)12(4-6(9)13)5-7(10)14/h2-5H2,1H3,(H2,9,13)(H2,10,14)(H,15,16). The Hall–Kier alpha value is -1.72. The molecule has 2 amide bonds. The Kier molecular flexibility index (Phi) is 6.38. The first-order valence-corrected chi connectivity index (χ1v) is 6.47. The maximum absolute atomic E-state index is 12.0. The van der Waals surface area contributed by atoms with Gasteiger partial charge in [0.2, 0.25) is 11.8 Å². The van der Waals surface area contributed by atoms with Gasteiger partial charge in [0.1, 0.15) is 0 Å². The van der Waals surface area contributed by atoms with E-state index in [1.807, 2.05) is 0 Å². The highest BCUT2D eigenvalue weighted by Crippen LogP contribution is 2.06. The summed E-state index contributed by atoms with van der Waals surface area (Å²) in [4.78, 5) is 31.9. The van der Waals surface area contributed by atoms with E-state index in [0.717, 1.165) is 7.05 Å². The van der Waals surface area contributed by atoms with E-state index < -0.39 is 47.5 Å². The Balaban J connectivity index is 4.99. The highest BCUT2D eigenvalue weighted by atomic mass is 32.2. The van der Waals surface area contributed by atoms with Crippen LogP contribution in [0.4, 0.5) is 0 Å². The van der Waals surface area contributed by atoms with Gasteiger partial charge in [-0.2, -0.15) is 17.0 Å². The molecule has 0 aliphatic carbocycles. The summed E-state index contributed by atoms with van der Waals surface area (Å²) in [5.74, 6) is -3.11. The molecule has 0 aromatic heterocycles. The number of carbonyl (C=O) groups is 3. The van der Waals surface area contributed by atoms with Crippen molar-refractivity contribution in [1.29, 1.82) is 0 Å². The number of carboxylic acid groups (broad SMARTS) is 1. The SMILES string of the molecule is CN(CCC(=O)O)S(=O)(=O)N(CC(N)=O)CC(N)=O. The number of nitrogens with zero attached hydrogens (tertiary/aromatic N) is 2. The fourth-order valence-corrected chi connectivity index (χ4v) is 2.43. The maximum Gasteiger partial charge on any atom is 0.304 e. The first-order valence-electron chi connectivity index (χ1n) is 5.07. The third-order valence-electron chi connectivity index (χ3n) is 2.03. The van der Waals surface area contributed by atoms with Crippen molar-refractivity contribution in [2.24, 2.45) is 11.5 Å². The van der Waals surface area contributed by atoms with Gasteiger partial charge < -0.3 is 16.6 Å². The van der Waals surface area contributed by atoms with Gasteiger partial charge in [0.25, 0.3) is 10.2 Å². The lowest BCUT2D eigenvalue weighted by atomic mass is 10.4. The number of carboxylic acids is 1. The number of hydrogen-bond donors (Lipinski definition) is 3. The number of aliphatic carboxylic acids is 1. The fraction of sp³-hybridized carbons (Fsp3) is 0.625. The van der Waals surface area contributed by atoms with Gasteiger partial charge in [-0.1, -0.05) is 0 Å². The van der Waals surface area contributed by atoms with Crippen molar-refractivity contribution in [1.82, 2.24) is 8.61 Å². The Labute approximate surface area is 110 Å². The number of carbonyl (C=O) groups excluding carboxylic acids is 2. The summed E-state index contributed by atoms with van der Waals surface area (Å²) in [6, 6.07) is 0. The minimum atomic E-state index is -4.19. The van der Waals surface area contributed by atoms with Crippen molar-refractivity contribution < 1.29 is 27.9 Å². The lowest BCUT2D eigenvalue weighted by molar-refractivity contribution is -0.137. The van der Waals surface area contributed by atoms with Crippen LogP contribution in [0.1, 0.15) is 6.42 Å². The van der Waals surface area contributed by atoms with Crippen molar-refractivity contribution in [3.05, 3.63) is 0 Å².